The molecule has 1 aliphatic carbocycles. The number of rotatable bonds is 2. The lowest BCUT2D eigenvalue weighted by Crippen LogP contribution is -1.98. The Morgan fingerprint density at radius 1 is 1.29 bits per heavy atom. The van der Waals surface area contributed by atoms with Crippen molar-refractivity contribution in [3.8, 4) is 11.4 Å². The van der Waals surface area contributed by atoms with Gasteiger partial charge < -0.3 is 4.57 Å². The van der Waals surface area contributed by atoms with E-state index in [1.54, 1.807) is 6.20 Å². The summed E-state index contributed by atoms with van der Waals surface area (Å²) in [6, 6.07) is 8.16. The molecule has 0 bridgehead atoms. The average Bonchev–Trinajstić information content (AvgIpc) is 3.26. The third-order valence-corrected chi connectivity index (χ3v) is 3.75. The van der Waals surface area contributed by atoms with Crippen molar-refractivity contribution < 1.29 is 0 Å². The fourth-order valence-corrected chi connectivity index (χ4v) is 2.65. The van der Waals surface area contributed by atoms with Crippen molar-refractivity contribution in [3.05, 3.63) is 47.6 Å². The van der Waals surface area contributed by atoms with Gasteiger partial charge in [-0.05, 0) is 38.0 Å². The molecule has 5 heteroatoms. The zero-order valence-corrected chi connectivity index (χ0v) is 11.6. The van der Waals surface area contributed by atoms with Crippen molar-refractivity contribution in [1.29, 1.82) is 0 Å². The number of fused-ring (bicyclic) bond motifs is 1. The summed E-state index contributed by atoms with van der Waals surface area (Å²) in [5.41, 5.74) is 4.48. The van der Waals surface area contributed by atoms with Crippen LogP contribution in [0.4, 0.5) is 5.69 Å². The van der Waals surface area contributed by atoms with Crippen molar-refractivity contribution in [1.82, 2.24) is 19.7 Å². The van der Waals surface area contributed by atoms with Gasteiger partial charge in [-0.1, -0.05) is 6.07 Å². The monoisotopic (exact) mass is 275 g/mol. The standard InChI is InChI=1S/C16H13N5/c1-10-7-11(9-18-20-10)16-19-14-6-3-12(17-2)8-15(14)21(16)13-4-5-13/h3,6-9,13H,4-5H2,1H3. The Labute approximate surface area is 122 Å². The number of benzene rings is 1. The summed E-state index contributed by atoms with van der Waals surface area (Å²) < 4.78 is 2.25. The molecule has 0 saturated heterocycles. The van der Waals surface area contributed by atoms with Crippen LogP contribution in [0.1, 0.15) is 24.6 Å². The lowest BCUT2D eigenvalue weighted by Gasteiger charge is -2.07. The zero-order chi connectivity index (χ0) is 14.4. The molecule has 0 unspecified atom stereocenters. The van der Waals surface area contributed by atoms with Crippen molar-refractivity contribution >= 4 is 16.7 Å². The normalized spacial score (nSPS) is 14.3. The Hall–Kier alpha value is -2.74. The van der Waals surface area contributed by atoms with Crippen LogP contribution in [-0.2, 0) is 0 Å². The van der Waals surface area contributed by atoms with Gasteiger partial charge in [0.05, 0.1) is 29.5 Å². The fourth-order valence-electron chi connectivity index (χ4n) is 2.65. The van der Waals surface area contributed by atoms with E-state index in [0.717, 1.165) is 41.0 Å². The van der Waals surface area contributed by atoms with E-state index in [2.05, 4.69) is 19.6 Å². The van der Waals surface area contributed by atoms with Crippen molar-refractivity contribution in [2.45, 2.75) is 25.8 Å². The largest absolute Gasteiger partial charge is 0.322 e. The van der Waals surface area contributed by atoms with Gasteiger partial charge in [-0.25, -0.2) is 9.83 Å². The molecule has 4 rings (SSSR count). The Morgan fingerprint density at radius 2 is 2.14 bits per heavy atom. The SMILES string of the molecule is [C-]#[N+]c1ccc2nc(-c3cnnc(C)c3)n(C3CC3)c2c1. The minimum absolute atomic E-state index is 0.486. The molecule has 1 fully saturated rings. The van der Waals surface area contributed by atoms with Crippen molar-refractivity contribution in [2.24, 2.45) is 0 Å². The smallest absolute Gasteiger partial charge is 0.189 e. The van der Waals surface area contributed by atoms with Crippen molar-refractivity contribution in [3.63, 3.8) is 0 Å². The maximum absolute atomic E-state index is 7.19. The molecule has 0 aliphatic heterocycles. The van der Waals surface area contributed by atoms with E-state index in [1.807, 2.05) is 31.2 Å². The Kier molecular flexibility index (Phi) is 2.51. The van der Waals surface area contributed by atoms with Gasteiger partial charge in [-0.3, -0.25) is 0 Å². The van der Waals surface area contributed by atoms with Crippen LogP contribution in [0.15, 0.2) is 30.5 Å². The van der Waals surface area contributed by atoms with E-state index in [9.17, 15) is 0 Å². The molecule has 1 aliphatic rings. The molecule has 2 heterocycles. The molecule has 2 aromatic heterocycles. The van der Waals surface area contributed by atoms with Gasteiger partial charge in [0, 0.05) is 11.6 Å². The van der Waals surface area contributed by atoms with Crippen LogP contribution in [0.5, 0.6) is 0 Å². The first kappa shape index (κ1) is 12.0. The number of aryl methyl sites for hydroxylation is 1. The first-order valence-corrected chi connectivity index (χ1v) is 6.95. The molecular formula is C16H13N5. The second kappa shape index (κ2) is 4.38. The highest BCUT2D eigenvalue weighted by Gasteiger charge is 2.28. The maximum atomic E-state index is 7.19. The van der Waals surface area contributed by atoms with Crippen LogP contribution in [0.2, 0.25) is 0 Å². The first-order chi connectivity index (χ1) is 10.3. The first-order valence-electron chi connectivity index (χ1n) is 6.95. The van der Waals surface area contributed by atoms with Crippen LogP contribution in [0.25, 0.3) is 27.3 Å². The van der Waals surface area contributed by atoms with Crippen LogP contribution >= 0.6 is 0 Å². The van der Waals surface area contributed by atoms with Gasteiger partial charge >= 0.3 is 0 Å². The van der Waals surface area contributed by atoms with Crippen LogP contribution in [0, 0.1) is 13.5 Å². The fraction of sp³-hybridized carbons (Fsp3) is 0.250. The highest BCUT2D eigenvalue weighted by Crippen LogP contribution is 2.41. The second-order valence-corrected chi connectivity index (χ2v) is 5.41. The maximum Gasteiger partial charge on any atom is 0.189 e. The van der Waals surface area contributed by atoms with E-state index >= 15 is 0 Å². The van der Waals surface area contributed by atoms with E-state index in [1.165, 1.54) is 0 Å². The highest BCUT2D eigenvalue weighted by atomic mass is 15.1. The molecule has 102 valence electrons. The summed E-state index contributed by atoms with van der Waals surface area (Å²) in [6.45, 7) is 9.12. The van der Waals surface area contributed by atoms with Gasteiger partial charge in [-0.15, -0.1) is 0 Å². The summed E-state index contributed by atoms with van der Waals surface area (Å²) in [5.74, 6) is 0.924. The third-order valence-electron chi connectivity index (χ3n) is 3.75. The molecule has 0 amide bonds. The number of nitrogens with zero attached hydrogens (tertiary/aromatic N) is 5. The van der Waals surface area contributed by atoms with Crippen LogP contribution in [0.3, 0.4) is 0 Å². The molecule has 0 radical (unpaired) electrons. The molecule has 0 spiro atoms. The zero-order valence-electron chi connectivity index (χ0n) is 11.6. The predicted molar refractivity (Wildman–Crippen MR) is 80.0 cm³/mol. The topological polar surface area (TPSA) is 48.0 Å². The Bertz CT molecular complexity index is 883. The van der Waals surface area contributed by atoms with Crippen LogP contribution < -0.4 is 0 Å². The molecule has 21 heavy (non-hydrogen) atoms. The summed E-state index contributed by atoms with van der Waals surface area (Å²) in [6.07, 6.45) is 4.08. The number of hydrogen-bond acceptors (Lipinski definition) is 3. The lowest BCUT2D eigenvalue weighted by molar-refractivity contribution is 0.774. The average molecular weight is 275 g/mol. The molecule has 0 atom stereocenters. The number of aromatic nitrogens is 4. The second-order valence-electron chi connectivity index (χ2n) is 5.41. The molecule has 1 saturated carbocycles. The molecule has 5 nitrogen and oxygen atoms in total. The van der Waals surface area contributed by atoms with Crippen molar-refractivity contribution in [2.75, 3.05) is 0 Å². The lowest BCUT2D eigenvalue weighted by atomic mass is 10.2. The number of hydrogen-bond donors (Lipinski definition) is 0. The van der Waals surface area contributed by atoms with Gasteiger partial charge in [-0.2, -0.15) is 10.2 Å². The van der Waals surface area contributed by atoms with Gasteiger partial charge in [0.15, 0.2) is 5.69 Å². The van der Waals surface area contributed by atoms with E-state index in [0.29, 0.717) is 11.7 Å². The molecule has 0 N–H and O–H groups in total. The summed E-state index contributed by atoms with van der Waals surface area (Å²) >= 11 is 0. The van der Waals surface area contributed by atoms with Gasteiger partial charge in [0.1, 0.15) is 5.82 Å². The predicted octanol–water partition coefficient (Wildman–Crippen LogP) is 3.69. The number of imidazole rings is 1. The molecular weight excluding hydrogens is 262 g/mol. The molecule has 3 aromatic rings. The van der Waals surface area contributed by atoms with E-state index in [-0.39, 0.29) is 0 Å². The quantitative estimate of drug-likeness (QED) is 0.670. The van der Waals surface area contributed by atoms with Gasteiger partial charge in [0.25, 0.3) is 0 Å². The summed E-state index contributed by atoms with van der Waals surface area (Å²) in [7, 11) is 0. The highest BCUT2D eigenvalue weighted by molar-refractivity contribution is 5.84. The Balaban J connectivity index is 2.00. The van der Waals surface area contributed by atoms with E-state index in [4.69, 9.17) is 11.6 Å². The minimum atomic E-state index is 0.486. The molecule has 1 aromatic carbocycles. The van der Waals surface area contributed by atoms with Gasteiger partial charge in [0.2, 0.25) is 0 Å². The van der Waals surface area contributed by atoms with Crippen LogP contribution in [-0.4, -0.2) is 19.7 Å². The summed E-state index contributed by atoms with van der Waals surface area (Å²) in [4.78, 5) is 8.28. The Morgan fingerprint density at radius 3 is 2.86 bits per heavy atom. The minimum Gasteiger partial charge on any atom is -0.322 e. The third kappa shape index (κ3) is 1.96. The van der Waals surface area contributed by atoms with E-state index < -0.39 is 0 Å². The summed E-state index contributed by atoms with van der Waals surface area (Å²) in [5, 5.41) is 8.04.